The summed E-state index contributed by atoms with van der Waals surface area (Å²) in [4.78, 5) is 0. The first-order chi connectivity index (χ1) is 6.75. The van der Waals surface area contributed by atoms with E-state index in [4.69, 9.17) is 9.47 Å². The molecule has 2 nitrogen and oxygen atoms in total. The van der Waals surface area contributed by atoms with E-state index < -0.39 is 0 Å². The second-order valence-corrected chi connectivity index (χ2v) is 5.38. The Bertz CT molecular complexity index is 280. The lowest BCUT2D eigenvalue weighted by molar-refractivity contribution is -0.166. The van der Waals surface area contributed by atoms with Crippen molar-refractivity contribution in [1.82, 2.24) is 0 Å². The fraction of sp³-hybridized carbons (Fsp3) is 0.846. The Hall–Kier alpha value is -0.340. The van der Waals surface area contributed by atoms with Gasteiger partial charge in [-0.3, -0.25) is 0 Å². The lowest BCUT2D eigenvalue weighted by Gasteiger charge is -2.50. The third kappa shape index (κ3) is 1.46. The van der Waals surface area contributed by atoms with Crippen LogP contribution < -0.4 is 0 Å². The lowest BCUT2D eigenvalue weighted by Crippen LogP contribution is -2.56. The Kier molecular flexibility index (Phi) is 3.05. The van der Waals surface area contributed by atoms with E-state index in [1.54, 1.807) is 14.2 Å². The Labute approximate surface area is 93.7 Å². The molecule has 0 aromatic heterocycles. The van der Waals surface area contributed by atoms with Crippen molar-refractivity contribution < 1.29 is 9.47 Å². The average Bonchev–Trinajstić information content (AvgIpc) is 2.45. The van der Waals surface area contributed by atoms with Crippen molar-refractivity contribution in [3.63, 3.8) is 0 Å². The van der Waals surface area contributed by atoms with Crippen LogP contribution in [0.4, 0.5) is 0 Å². The Morgan fingerprint density at radius 2 is 1.80 bits per heavy atom. The monoisotopic (exact) mass is 212 g/mol. The highest BCUT2D eigenvalue weighted by atomic mass is 16.5. The van der Waals surface area contributed by atoms with Crippen molar-refractivity contribution >= 4 is 0 Å². The molecule has 0 N–H and O–H groups in total. The summed E-state index contributed by atoms with van der Waals surface area (Å²) in [6.07, 6.45) is 3.27. The van der Waals surface area contributed by atoms with Gasteiger partial charge in [-0.2, -0.15) is 0 Å². The van der Waals surface area contributed by atoms with Gasteiger partial charge in [-0.05, 0) is 39.7 Å². The molecule has 0 unspecified atom stereocenters. The average molecular weight is 212 g/mol. The maximum Gasteiger partial charge on any atom is 0.0940 e. The molecule has 0 heterocycles. The Morgan fingerprint density at radius 3 is 2.20 bits per heavy atom. The zero-order valence-electron chi connectivity index (χ0n) is 11.1. The molecule has 0 fully saturated rings. The van der Waals surface area contributed by atoms with Crippen LogP contribution in [0.1, 0.15) is 41.0 Å². The number of hydrogen-bond acceptors (Lipinski definition) is 2. The molecule has 0 radical (unpaired) electrons. The van der Waals surface area contributed by atoms with Crippen LogP contribution >= 0.6 is 0 Å². The van der Waals surface area contributed by atoms with E-state index in [1.807, 2.05) is 0 Å². The van der Waals surface area contributed by atoms with Crippen LogP contribution in [0.3, 0.4) is 0 Å². The lowest BCUT2D eigenvalue weighted by atomic mass is 9.64. The summed E-state index contributed by atoms with van der Waals surface area (Å²) in [5, 5.41) is 0. The molecular weight excluding hydrogens is 188 g/mol. The summed E-state index contributed by atoms with van der Waals surface area (Å²) in [5.41, 5.74) is 0.851. The molecule has 1 rings (SSSR count). The molecular formula is C13H24O2. The van der Waals surface area contributed by atoms with E-state index in [2.05, 4.69) is 40.7 Å². The molecule has 2 atom stereocenters. The van der Waals surface area contributed by atoms with Crippen LogP contribution in [0.5, 0.6) is 0 Å². The van der Waals surface area contributed by atoms with Crippen molar-refractivity contribution in [1.29, 1.82) is 0 Å². The van der Waals surface area contributed by atoms with Gasteiger partial charge >= 0.3 is 0 Å². The highest BCUT2D eigenvalue weighted by molar-refractivity contribution is 5.29. The van der Waals surface area contributed by atoms with Crippen molar-refractivity contribution in [2.45, 2.75) is 52.2 Å². The van der Waals surface area contributed by atoms with Gasteiger partial charge < -0.3 is 9.47 Å². The molecule has 88 valence electrons. The third-order valence-electron chi connectivity index (χ3n) is 4.87. The van der Waals surface area contributed by atoms with Crippen molar-refractivity contribution in [3.8, 4) is 0 Å². The summed E-state index contributed by atoms with van der Waals surface area (Å²) < 4.78 is 11.4. The molecule has 1 aliphatic rings. The van der Waals surface area contributed by atoms with Gasteiger partial charge in [0.1, 0.15) is 0 Å². The zero-order chi connectivity index (χ0) is 11.9. The predicted octanol–water partition coefficient (Wildman–Crippen LogP) is 3.17. The van der Waals surface area contributed by atoms with E-state index in [9.17, 15) is 0 Å². The van der Waals surface area contributed by atoms with Crippen LogP contribution in [0, 0.1) is 5.41 Å². The highest BCUT2D eigenvalue weighted by Gasteiger charge is 2.57. The van der Waals surface area contributed by atoms with Gasteiger partial charge in [0.25, 0.3) is 0 Å². The van der Waals surface area contributed by atoms with Crippen molar-refractivity contribution in [2.75, 3.05) is 14.2 Å². The first kappa shape index (κ1) is 12.7. The molecule has 0 aliphatic heterocycles. The molecule has 0 saturated heterocycles. The molecule has 0 bridgehead atoms. The quantitative estimate of drug-likeness (QED) is 0.669. The number of hydrogen-bond donors (Lipinski definition) is 0. The van der Waals surface area contributed by atoms with Crippen LogP contribution in [-0.2, 0) is 9.47 Å². The highest BCUT2D eigenvalue weighted by Crippen LogP contribution is 2.55. The van der Waals surface area contributed by atoms with Crippen molar-refractivity contribution in [2.24, 2.45) is 5.41 Å². The van der Waals surface area contributed by atoms with E-state index >= 15 is 0 Å². The fourth-order valence-corrected chi connectivity index (χ4v) is 2.61. The first-order valence-electron chi connectivity index (χ1n) is 5.53. The maximum atomic E-state index is 5.77. The van der Waals surface area contributed by atoms with Gasteiger partial charge in [-0.15, -0.1) is 0 Å². The van der Waals surface area contributed by atoms with Gasteiger partial charge in [0, 0.05) is 19.6 Å². The van der Waals surface area contributed by atoms with Crippen LogP contribution in [0.15, 0.2) is 11.6 Å². The Morgan fingerprint density at radius 1 is 1.27 bits per heavy atom. The van der Waals surface area contributed by atoms with Crippen LogP contribution in [0.25, 0.3) is 0 Å². The summed E-state index contributed by atoms with van der Waals surface area (Å²) in [5.74, 6) is 0. The Balaban J connectivity index is 3.18. The second kappa shape index (κ2) is 3.60. The largest absolute Gasteiger partial charge is 0.378 e. The van der Waals surface area contributed by atoms with E-state index in [0.717, 1.165) is 6.42 Å². The van der Waals surface area contributed by atoms with Gasteiger partial charge in [0.05, 0.1) is 11.2 Å². The van der Waals surface area contributed by atoms with Gasteiger partial charge in [0.15, 0.2) is 0 Å². The van der Waals surface area contributed by atoms with E-state index in [-0.39, 0.29) is 16.6 Å². The fourth-order valence-electron chi connectivity index (χ4n) is 2.61. The number of allylic oxidation sites excluding steroid dienone is 1. The molecule has 2 heteroatoms. The normalized spacial score (nSPS) is 36.9. The third-order valence-corrected chi connectivity index (χ3v) is 4.87. The second-order valence-electron chi connectivity index (χ2n) is 5.38. The number of ether oxygens (including phenoxy) is 2. The van der Waals surface area contributed by atoms with Gasteiger partial charge in [0.2, 0.25) is 0 Å². The molecule has 0 aromatic carbocycles. The molecule has 0 aromatic rings. The topological polar surface area (TPSA) is 18.5 Å². The van der Waals surface area contributed by atoms with Crippen molar-refractivity contribution in [3.05, 3.63) is 11.6 Å². The zero-order valence-corrected chi connectivity index (χ0v) is 11.1. The smallest absolute Gasteiger partial charge is 0.0940 e. The van der Waals surface area contributed by atoms with E-state index in [0.29, 0.717) is 0 Å². The minimum atomic E-state index is -0.230. The summed E-state index contributed by atoms with van der Waals surface area (Å²) in [7, 11) is 3.56. The summed E-state index contributed by atoms with van der Waals surface area (Å²) in [6, 6.07) is 0. The SMILES string of the molecule is COC(C)(C)[C@]1(C)CC=C(C)[C@]1(C)OC. The van der Waals surface area contributed by atoms with Crippen LogP contribution in [0.2, 0.25) is 0 Å². The first-order valence-corrected chi connectivity index (χ1v) is 5.53. The summed E-state index contributed by atoms with van der Waals surface area (Å²) in [6.45, 7) is 10.8. The van der Waals surface area contributed by atoms with Gasteiger partial charge in [-0.25, -0.2) is 0 Å². The molecule has 0 spiro atoms. The predicted molar refractivity (Wildman–Crippen MR) is 63.0 cm³/mol. The minimum absolute atomic E-state index is 0.0203. The van der Waals surface area contributed by atoms with Gasteiger partial charge in [-0.1, -0.05) is 13.0 Å². The van der Waals surface area contributed by atoms with Crippen LogP contribution in [-0.4, -0.2) is 25.4 Å². The minimum Gasteiger partial charge on any atom is -0.378 e. The van der Waals surface area contributed by atoms with E-state index in [1.165, 1.54) is 5.57 Å². The maximum absolute atomic E-state index is 5.77. The molecule has 15 heavy (non-hydrogen) atoms. The summed E-state index contributed by atoms with van der Waals surface area (Å²) >= 11 is 0. The number of methoxy groups -OCH3 is 2. The molecule has 1 aliphatic carbocycles. The standard InChI is InChI=1S/C13H24O2/c1-10-8-9-12(4,11(2,3)14-6)13(10,5)15-7/h8H,9H2,1-7H3/t12-,13-/m0/s1. The molecule has 0 amide bonds. The molecule has 0 saturated carbocycles. The number of rotatable bonds is 3.